The van der Waals surface area contributed by atoms with Crippen molar-refractivity contribution in [2.24, 2.45) is 0 Å². The standard InChI is InChI=1S/C16H17ClFN3O3/c1-3-19-14(22)8-21-7-10(16(24)20-4-2)15(23)9-5-12(18)11(17)6-13(9)21/h5-7H,3-4,8H2,1-2H3,(H,19,22)(H,20,24). The van der Waals surface area contributed by atoms with Crippen LogP contribution in [0.25, 0.3) is 10.9 Å². The number of likely N-dealkylation sites (N-methyl/N-ethyl adjacent to an activating group) is 1. The third-order valence-corrected chi connectivity index (χ3v) is 3.68. The summed E-state index contributed by atoms with van der Waals surface area (Å²) < 4.78 is 15.2. The number of carbonyl (C=O) groups is 2. The van der Waals surface area contributed by atoms with Crippen LogP contribution in [0.4, 0.5) is 4.39 Å². The second-order valence-electron chi connectivity index (χ2n) is 5.10. The van der Waals surface area contributed by atoms with Crippen LogP contribution in [0, 0.1) is 5.82 Å². The maximum Gasteiger partial charge on any atom is 0.256 e. The van der Waals surface area contributed by atoms with Crippen molar-refractivity contribution in [3.8, 4) is 0 Å². The van der Waals surface area contributed by atoms with E-state index in [-0.39, 0.29) is 33.9 Å². The quantitative estimate of drug-likeness (QED) is 0.858. The highest BCUT2D eigenvalue weighted by Crippen LogP contribution is 2.21. The second kappa shape index (κ2) is 7.44. The molecule has 6 nitrogen and oxygen atoms in total. The van der Waals surface area contributed by atoms with Gasteiger partial charge in [0.2, 0.25) is 11.3 Å². The number of aromatic nitrogens is 1. The number of pyridine rings is 1. The van der Waals surface area contributed by atoms with Gasteiger partial charge in [0.1, 0.15) is 17.9 Å². The van der Waals surface area contributed by atoms with E-state index in [0.29, 0.717) is 13.1 Å². The van der Waals surface area contributed by atoms with Crippen molar-refractivity contribution < 1.29 is 14.0 Å². The number of halogens is 2. The van der Waals surface area contributed by atoms with E-state index in [0.717, 1.165) is 6.07 Å². The zero-order valence-corrected chi connectivity index (χ0v) is 14.0. The molecule has 0 aliphatic rings. The lowest BCUT2D eigenvalue weighted by molar-refractivity contribution is -0.121. The first-order chi connectivity index (χ1) is 11.4. The largest absolute Gasteiger partial charge is 0.355 e. The predicted molar refractivity (Wildman–Crippen MR) is 89.9 cm³/mol. The third-order valence-electron chi connectivity index (χ3n) is 3.39. The van der Waals surface area contributed by atoms with Gasteiger partial charge in [-0.15, -0.1) is 0 Å². The summed E-state index contributed by atoms with van der Waals surface area (Å²) >= 11 is 5.79. The first-order valence-electron chi connectivity index (χ1n) is 7.46. The highest BCUT2D eigenvalue weighted by atomic mass is 35.5. The fourth-order valence-electron chi connectivity index (χ4n) is 2.34. The fourth-order valence-corrected chi connectivity index (χ4v) is 2.50. The highest BCUT2D eigenvalue weighted by molar-refractivity contribution is 6.31. The molecule has 1 aromatic heterocycles. The van der Waals surface area contributed by atoms with Crippen molar-refractivity contribution in [1.82, 2.24) is 15.2 Å². The van der Waals surface area contributed by atoms with Gasteiger partial charge in [-0.25, -0.2) is 4.39 Å². The van der Waals surface area contributed by atoms with Crippen molar-refractivity contribution in [2.45, 2.75) is 20.4 Å². The number of hydrogen-bond acceptors (Lipinski definition) is 3. The smallest absolute Gasteiger partial charge is 0.256 e. The van der Waals surface area contributed by atoms with Gasteiger partial charge >= 0.3 is 0 Å². The van der Waals surface area contributed by atoms with E-state index in [2.05, 4.69) is 10.6 Å². The summed E-state index contributed by atoms with van der Waals surface area (Å²) in [4.78, 5) is 36.4. The molecule has 0 atom stereocenters. The predicted octanol–water partition coefficient (Wildman–Crippen LogP) is 1.68. The molecule has 2 amide bonds. The van der Waals surface area contributed by atoms with Crippen LogP contribution in [0.15, 0.2) is 23.1 Å². The van der Waals surface area contributed by atoms with Crippen LogP contribution in [0.3, 0.4) is 0 Å². The van der Waals surface area contributed by atoms with Crippen LogP contribution in [-0.4, -0.2) is 29.5 Å². The number of hydrogen-bond donors (Lipinski definition) is 2. The monoisotopic (exact) mass is 353 g/mol. The molecule has 8 heteroatoms. The third kappa shape index (κ3) is 3.56. The Labute approximate surface area is 142 Å². The number of nitrogens with one attached hydrogen (secondary N) is 2. The van der Waals surface area contributed by atoms with Gasteiger partial charge in [0.05, 0.1) is 10.5 Å². The molecule has 24 heavy (non-hydrogen) atoms. The van der Waals surface area contributed by atoms with Crippen molar-refractivity contribution in [3.05, 3.63) is 45.0 Å². The van der Waals surface area contributed by atoms with E-state index in [9.17, 15) is 18.8 Å². The van der Waals surface area contributed by atoms with Gasteiger partial charge in [-0.1, -0.05) is 11.6 Å². The topological polar surface area (TPSA) is 80.2 Å². The molecule has 0 aliphatic carbocycles. The van der Waals surface area contributed by atoms with E-state index in [1.54, 1.807) is 13.8 Å². The van der Waals surface area contributed by atoms with Gasteiger partial charge in [0.15, 0.2) is 0 Å². The number of rotatable bonds is 5. The number of amides is 2. The Morgan fingerprint density at radius 2 is 1.88 bits per heavy atom. The number of carbonyl (C=O) groups excluding carboxylic acids is 2. The molecule has 0 bridgehead atoms. The lowest BCUT2D eigenvalue weighted by Gasteiger charge is -2.13. The number of benzene rings is 1. The fraction of sp³-hybridized carbons (Fsp3) is 0.312. The molecule has 0 radical (unpaired) electrons. The molecule has 0 spiro atoms. The van der Waals surface area contributed by atoms with Gasteiger partial charge in [-0.3, -0.25) is 14.4 Å². The summed E-state index contributed by atoms with van der Waals surface area (Å²) in [5.74, 6) is -1.65. The molecule has 0 unspecified atom stereocenters. The van der Waals surface area contributed by atoms with Crippen LogP contribution in [0.1, 0.15) is 24.2 Å². The molecule has 0 fully saturated rings. The van der Waals surface area contributed by atoms with Gasteiger partial charge in [0.25, 0.3) is 5.91 Å². The lowest BCUT2D eigenvalue weighted by atomic mass is 10.1. The van der Waals surface area contributed by atoms with Crippen molar-refractivity contribution in [3.63, 3.8) is 0 Å². The van der Waals surface area contributed by atoms with E-state index < -0.39 is 17.2 Å². The van der Waals surface area contributed by atoms with Gasteiger partial charge < -0.3 is 15.2 Å². The summed E-state index contributed by atoms with van der Waals surface area (Å²) in [6.07, 6.45) is 1.29. The molecule has 0 saturated carbocycles. The van der Waals surface area contributed by atoms with Crippen LogP contribution in [-0.2, 0) is 11.3 Å². The van der Waals surface area contributed by atoms with Gasteiger partial charge in [-0.05, 0) is 26.0 Å². The van der Waals surface area contributed by atoms with Gasteiger partial charge in [-0.2, -0.15) is 0 Å². The van der Waals surface area contributed by atoms with Crippen molar-refractivity contribution >= 4 is 34.3 Å². The normalized spacial score (nSPS) is 10.7. The summed E-state index contributed by atoms with van der Waals surface area (Å²) in [6, 6.07) is 2.26. The number of fused-ring (bicyclic) bond motifs is 1. The summed E-state index contributed by atoms with van der Waals surface area (Å²) in [5, 5.41) is 4.98. The maximum absolute atomic E-state index is 13.8. The minimum absolute atomic E-state index is 0.00930. The van der Waals surface area contributed by atoms with Crippen LogP contribution < -0.4 is 16.1 Å². The van der Waals surface area contributed by atoms with Crippen molar-refractivity contribution in [2.75, 3.05) is 13.1 Å². The molecule has 2 N–H and O–H groups in total. The molecule has 1 aromatic carbocycles. The molecule has 2 rings (SSSR count). The summed E-state index contributed by atoms with van der Waals surface area (Å²) in [6.45, 7) is 4.13. The minimum Gasteiger partial charge on any atom is -0.355 e. The molecular weight excluding hydrogens is 337 g/mol. The van der Waals surface area contributed by atoms with Crippen LogP contribution in [0.5, 0.6) is 0 Å². The molecular formula is C16H17ClFN3O3. The average Bonchev–Trinajstić information content (AvgIpc) is 2.52. The molecule has 0 saturated heterocycles. The van der Waals surface area contributed by atoms with Gasteiger partial charge in [0, 0.05) is 24.7 Å². The zero-order valence-electron chi connectivity index (χ0n) is 13.3. The SMILES string of the molecule is CCNC(=O)Cn1cc(C(=O)NCC)c(=O)c2cc(F)c(Cl)cc21. The van der Waals surface area contributed by atoms with E-state index >= 15 is 0 Å². The summed E-state index contributed by atoms with van der Waals surface area (Å²) in [7, 11) is 0. The Kier molecular flexibility index (Phi) is 5.56. The minimum atomic E-state index is -0.765. The lowest BCUT2D eigenvalue weighted by Crippen LogP contribution is -2.32. The Hall–Kier alpha value is -2.41. The second-order valence-corrected chi connectivity index (χ2v) is 5.50. The van der Waals surface area contributed by atoms with E-state index in [1.165, 1.54) is 16.8 Å². The Balaban J connectivity index is 2.70. The zero-order chi connectivity index (χ0) is 17.9. The van der Waals surface area contributed by atoms with Crippen molar-refractivity contribution in [1.29, 1.82) is 0 Å². The molecule has 2 aromatic rings. The highest BCUT2D eigenvalue weighted by Gasteiger charge is 2.18. The summed E-state index contributed by atoms with van der Waals surface area (Å²) in [5.41, 5.74) is -0.486. The number of nitrogens with zero attached hydrogens (tertiary/aromatic N) is 1. The molecule has 128 valence electrons. The molecule has 0 aliphatic heterocycles. The Bertz CT molecular complexity index is 864. The average molecular weight is 354 g/mol. The molecule has 1 heterocycles. The van der Waals surface area contributed by atoms with E-state index in [1.807, 2.05) is 0 Å². The van der Waals surface area contributed by atoms with E-state index in [4.69, 9.17) is 11.6 Å². The first-order valence-corrected chi connectivity index (χ1v) is 7.83. The van der Waals surface area contributed by atoms with Crippen LogP contribution in [0.2, 0.25) is 5.02 Å². The first kappa shape index (κ1) is 17.9. The Morgan fingerprint density at radius 3 is 2.50 bits per heavy atom. The Morgan fingerprint density at radius 1 is 1.21 bits per heavy atom. The van der Waals surface area contributed by atoms with Crippen LogP contribution >= 0.6 is 11.6 Å². The maximum atomic E-state index is 13.8.